The van der Waals surface area contributed by atoms with E-state index in [4.69, 9.17) is 0 Å². The van der Waals surface area contributed by atoms with Crippen LogP contribution in [0.25, 0.3) is 0 Å². The minimum atomic E-state index is -0.138. The Balaban J connectivity index is 2.08. The second kappa shape index (κ2) is 7.08. The Morgan fingerprint density at radius 2 is 2.21 bits per heavy atom. The third kappa shape index (κ3) is 4.06. The van der Waals surface area contributed by atoms with E-state index in [9.17, 15) is 4.39 Å². The first kappa shape index (κ1) is 14.6. The maximum absolute atomic E-state index is 14.1. The number of hydrogen-bond acceptors (Lipinski definition) is 3. The van der Waals surface area contributed by atoms with Crippen molar-refractivity contribution in [1.82, 2.24) is 5.32 Å². The van der Waals surface area contributed by atoms with Gasteiger partial charge in [-0.3, -0.25) is 0 Å². The van der Waals surface area contributed by atoms with E-state index in [1.807, 2.05) is 29.6 Å². The van der Waals surface area contributed by atoms with Gasteiger partial charge in [-0.15, -0.1) is 11.3 Å². The highest BCUT2D eigenvalue weighted by molar-refractivity contribution is 8.01. The van der Waals surface area contributed by atoms with Crippen LogP contribution >= 0.6 is 23.1 Å². The van der Waals surface area contributed by atoms with Crippen LogP contribution in [0, 0.1) is 5.82 Å². The summed E-state index contributed by atoms with van der Waals surface area (Å²) < 4.78 is 15.2. The average molecular weight is 295 g/mol. The van der Waals surface area contributed by atoms with E-state index >= 15 is 0 Å². The van der Waals surface area contributed by atoms with Crippen molar-refractivity contribution in [3.63, 3.8) is 0 Å². The van der Waals surface area contributed by atoms with Gasteiger partial charge in [0.1, 0.15) is 5.82 Å². The lowest BCUT2D eigenvalue weighted by atomic mass is 10.1. The molecule has 0 spiro atoms. The topological polar surface area (TPSA) is 12.0 Å². The van der Waals surface area contributed by atoms with Crippen molar-refractivity contribution in [2.75, 3.05) is 6.54 Å². The molecule has 0 fully saturated rings. The summed E-state index contributed by atoms with van der Waals surface area (Å²) in [5, 5.41) is 5.37. The van der Waals surface area contributed by atoms with Crippen LogP contribution in [0.1, 0.15) is 31.9 Å². The van der Waals surface area contributed by atoms with Gasteiger partial charge in [0, 0.05) is 10.9 Å². The number of halogens is 1. The molecular weight excluding hydrogens is 277 g/mol. The molecule has 4 heteroatoms. The molecule has 1 heterocycles. The lowest BCUT2D eigenvalue weighted by molar-refractivity contribution is 0.556. The van der Waals surface area contributed by atoms with Gasteiger partial charge in [-0.1, -0.05) is 30.8 Å². The monoisotopic (exact) mass is 295 g/mol. The molecule has 0 bridgehead atoms. The molecule has 1 N–H and O–H groups in total. The molecule has 0 saturated heterocycles. The average Bonchev–Trinajstić information content (AvgIpc) is 2.91. The summed E-state index contributed by atoms with van der Waals surface area (Å²) in [6.07, 6.45) is 1.08. The van der Waals surface area contributed by atoms with E-state index in [-0.39, 0.29) is 11.9 Å². The van der Waals surface area contributed by atoms with Crippen molar-refractivity contribution in [3.05, 3.63) is 47.1 Å². The SMILES string of the molecule is CCCNC(C)c1ccc(Sc2cccs2)c(F)c1. The first-order valence-electron chi connectivity index (χ1n) is 6.45. The van der Waals surface area contributed by atoms with Gasteiger partial charge in [0.25, 0.3) is 0 Å². The molecule has 0 saturated carbocycles. The zero-order chi connectivity index (χ0) is 13.7. The van der Waals surface area contributed by atoms with Crippen molar-refractivity contribution >= 4 is 23.1 Å². The Labute approximate surface area is 122 Å². The van der Waals surface area contributed by atoms with Crippen molar-refractivity contribution in [3.8, 4) is 0 Å². The molecule has 2 rings (SSSR count). The lowest BCUT2D eigenvalue weighted by Crippen LogP contribution is -2.19. The fraction of sp³-hybridized carbons (Fsp3) is 0.333. The molecule has 1 unspecified atom stereocenters. The molecular formula is C15H18FNS2. The zero-order valence-electron chi connectivity index (χ0n) is 11.2. The highest BCUT2D eigenvalue weighted by Gasteiger charge is 2.10. The van der Waals surface area contributed by atoms with E-state index in [0.717, 1.165) is 22.7 Å². The predicted octanol–water partition coefficient (Wildman–Crippen LogP) is 5.10. The first-order valence-corrected chi connectivity index (χ1v) is 8.14. The maximum atomic E-state index is 14.1. The smallest absolute Gasteiger partial charge is 0.137 e. The Bertz CT molecular complexity index is 511. The second-order valence-corrected chi connectivity index (χ2v) is 6.69. The molecule has 1 nitrogen and oxygen atoms in total. The fourth-order valence-corrected chi connectivity index (χ4v) is 3.51. The summed E-state index contributed by atoms with van der Waals surface area (Å²) in [7, 11) is 0. The van der Waals surface area contributed by atoms with E-state index in [1.165, 1.54) is 11.8 Å². The first-order chi connectivity index (χ1) is 9.20. The van der Waals surface area contributed by atoms with E-state index in [0.29, 0.717) is 4.90 Å². The van der Waals surface area contributed by atoms with E-state index in [1.54, 1.807) is 17.4 Å². The highest BCUT2D eigenvalue weighted by atomic mass is 32.2. The van der Waals surface area contributed by atoms with Crippen LogP contribution in [0.4, 0.5) is 4.39 Å². The fourth-order valence-electron chi connectivity index (χ4n) is 1.78. The standard InChI is InChI=1S/C15H18FNS2/c1-3-8-17-11(2)12-6-7-14(13(16)10-12)19-15-5-4-9-18-15/h4-7,9-11,17H,3,8H2,1-2H3. The highest BCUT2D eigenvalue weighted by Crippen LogP contribution is 2.33. The van der Waals surface area contributed by atoms with Gasteiger partial charge < -0.3 is 5.32 Å². The van der Waals surface area contributed by atoms with Crippen molar-refractivity contribution in [2.45, 2.75) is 35.4 Å². The molecule has 1 atom stereocenters. The molecule has 19 heavy (non-hydrogen) atoms. The molecule has 0 aliphatic rings. The van der Waals surface area contributed by atoms with Crippen LogP contribution in [0.3, 0.4) is 0 Å². The van der Waals surface area contributed by atoms with Crippen LogP contribution < -0.4 is 5.32 Å². The predicted molar refractivity (Wildman–Crippen MR) is 81.6 cm³/mol. The molecule has 0 aliphatic heterocycles. The molecule has 1 aromatic heterocycles. The minimum Gasteiger partial charge on any atom is -0.310 e. The number of benzene rings is 1. The maximum Gasteiger partial charge on any atom is 0.137 e. The van der Waals surface area contributed by atoms with E-state index < -0.39 is 0 Å². The molecule has 1 aromatic carbocycles. The summed E-state index contributed by atoms with van der Waals surface area (Å²) in [5.41, 5.74) is 1.00. The van der Waals surface area contributed by atoms with Gasteiger partial charge in [-0.2, -0.15) is 0 Å². The molecule has 0 aliphatic carbocycles. The number of thiophene rings is 1. The van der Waals surface area contributed by atoms with Crippen LogP contribution in [0.5, 0.6) is 0 Å². The normalized spacial score (nSPS) is 12.6. The third-order valence-electron chi connectivity index (χ3n) is 2.86. The molecule has 0 amide bonds. The zero-order valence-corrected chi connectivity index (χ0v) is 12.8. The van der Waals surface area contributed by atoms with Gasteiger partial charge in [-0.25, -0.2) is 4.39 Å². The summed E-state index contributed by atoms with van der Waals surface area (Å²) >= 11 is 3.11. The Morgan fingerprint density at radius 1 is 1.37 bits per heavy atom. The van der Waals surface area contributed by atoms with E-state index in [2.05, 4.69) is 19.2 Å². The second-order valence-electron chi connectivity index (χ2n) is 4.40. The quantitative estimate of drug-likeness (QED) is 0.795. The van der Waals surface area contributed by atoms with Gasteiger partial charge in [-0.05, 0) is 49.0 Å². The number of nitrogens with one attached hydrogen (secondary N) is 1. The summed E-state index contributed by atoms with van der Waals surface area (Å²) in [5.74, 6) is -0.138. The molecule has 102 valence electrons. The third-order valence-corrected chi connectivity index (χ3v) is 4.95. The summed E-state index contributed by atoms with van der Waals surface area (Å²) in [4.78, 5) is 0.689. The number of rotatable bonds is 6. The largest absolute Gasteiger partial charge is 0.310 e. The summed E-state index contributed by atoms with van der Waals surface area (Å²) in [6.45, 7) is 5.14. The Hall–Kier alpha value is -0.840. The lowest BCUT2D eigenvalue weighted by Gasteiger charge is -2.14. The van der Waals surface area contributed by atoms with Crippen molar-refractivity contribution < 1.29 is 4.39 Å². The Kier molecular flexibility index (Phi) is 5.43. The van der Waals surface area contributed by atoms with Crippen molar-refractivity contribution in [2.24, 2.45) is 0 Å². The van der Waals surface area contributed by atoms with Crippen LogP contribution in [-0.4, -0.2) is 6.54 Å². The van der Waals surface area contributed by atoms with Gasteiger partial charge >= 0.3 is 0 Å². The minimum absolute atomic E-state index is 0.138. The molecule has 2 aromatic rings. The van der Waals surface area contributed by atoms with Gasteiger partial charge in [0.2, 0.25) is 0 Å². The van der Waals surface area contributed by atoms with Crippen LogP contribution in [0.15, 0.2) is 44.8 Å². The van der Waals surface area contributed by atoms with Crippen molar-refractivity contribution in [1.29, 1.82) is 0 Å². The van der Waals surface area contributed by atoms with Crippen LogP contribution in [-0.2, 0) is 0 Å². The summed E-state index contributed by atoms with van der Waals surface area (Å²) in [6, 6.07) is 9.70. The molecule has 0 radical (unpaired) electrons. The Morgan fingerprint density at radius 3 is 2.84 bits per heavy atom. The van der Waals surface area contributed by atoms with Crippen LogP contribution in [0.2, 0.25) is 0 Å². The number of hydrogen-bond donors (Lipinski definition) is 1. The van der Waals surface area contributed by atoms with Gasteiger partial charge in [0.15, 0.2) is 0 Å². The van der Waals surface area contributed by atoms with Gasteiger partial charge in [0.05, 0.1) is 4.21 Å².